The molecular weight excluding hydrogens is 420 g/mol. The van der Waals surface area contributed by atoms with E-state index in [0.29, 0.717) is 17.7 Å². The second-order valence-corrected chi connectivity index (χ2v) is 7.71. The molecule has 1 aliphatic rings. The van der Waals surface area contributed by atoms with E-state index in [2.05, 4.69) is 0 Å². The maximum atomic E-state index is 12.8. The van der Waals surface area contributed by atoms with Crippen molar-refractivity contribution in [3.8, 4) is 0 Å². The molecule has 3 aromatic rings. The molecule has 0 aromatic heterocycles. The fourth-order valence-electron chi connectivity index (χ4n) is 4.04. The smallest absolute Gasteiger partial charge is 0.306 e. The minimum Gasteiger partial charge on any atom is -0.456 e. The number of amides is 3. The minimum atomic E-state index is -0.547. The molecule has 1 aliphatic heterocycles. The van der Waals surface area contributed by atoms with Gasteiger partial charge in [0.25, 0.3) is 17.7 Å². The number of fused-ring (bicyclic) bond motifs is 2. The summed E-state index contributed by atoms with van der Waals surface area (Å²) in [5.74, 6) is -1.57. The van der Waals surface area contributed by atoms with E-state index in [4.69, 9.17) is 4.74 Å². The lowest BCUT2D eigenvalue weighted by molar-refractivity contribution is -0.148. The number of benzene rings is 3. The first-order valence-corrected chi connectivity index (χ1v) is 10.9. The van der Waals surface area contributed by atoms with Crippen LogP contribution in [0.1, 0.15) is 40.5 Å². The second kappa shape index (κ2) is 9.65. The van der Waals surface area contributed by atoms with E-state index in [1.54, 1.807) is 29.2 Å². The van der Waals surface area contributed by atoms with E-state index in [0.717, 1.165) is 21.4 Å². The molecular formula is C26H24N2O5. The maximum Gasteiger partial charge on any atom is 0.306 e. The zero-order chi connectivity index (χ0) is 23.4. The van der Waals surface area contributed by atoms with Gasteiger partial charge in [0.2, 0.25) is 0 Å². The summed E-state index contributed by atoms with van der Waals surface area (Å²) in [5.41, 5.74) is 1.52. The standard InChI is InChI=1S/C26H24N2O5/c1-2-27(22-14-7-10-18-9-3-4-11-19(18)22)23(29)17-33-24(30)15-8-16-28-25(31)20-12-5-6-13-21(20)26(28)32/h3-7,9-14H,2,8,15-17H2,1H3. The Morgan fingerprint density at radius 1 is 0.879 bits per heavy atom. The highest BCUT2D eigenvalue weighted by atomic mass is 16.5. The van der Waals surface area contributed by atoms with Gasteiger partial charge in [-0.3, -0.25) is 24.1 Å². The number of hydrogen-bond donors (Lipinski definition) is 0. The molecule has 0 N–H and O–H groups in total. The Balaban J connectivity index is 1.29. The van der Waals surface area contributed by atoms with Gasteiger partial charge < -0.3 is 9.64 Å². The summed E-state index contributed by atoms with van der Waals surface area (Å²) in [6.45, 7) is 2.04. The van der Waals surface area contributed by atoms with Crippen LogP contribution >= 0.6 is 0 Å². The normalized spacial score (nSPS) is 12.7. The Hall–Kier alpha value is -4.00. The topological polar surface area (TPSA) is 84.0 Å². The molecule has 0 spiro atoms. The second-order valence-electron chi connectivity index (χ2n) is 7.71. The van der Waals surface area contributed by atoms with E-state index in [9.17, 15) is 19.2 Å². The largest absolute Gasteiger partial charge is 0.456 e. The molecule has 7 nitrogen and oxygen atoms in total. The number of imide groups is 1. The SMILES string of the molecule is CCN(C(=O)COC(=O)CCCN1C(=O)c2ccccc2C1=O)c1cccc2ccccc12. The fraction of sp³-hybridized carbons (Fsp3) is 0.231. The van der Waals surface area contributed by atoms with Crippen molar-refractivity contribution in [1.82, 2.24) is 4.90 Å². The number of rotatable bonds is 8. The number of anilines is 1. The van der Waals surface area contributed by atoms with Crippen LogP contribution in [0, 0.1) is 0 Å². The van der Waals surface area contributed by atoms with Crippen LogP contribution < -0.4 is 4.90 Å². The highest BCUT2D eigenvalue weighted by Crippen LogP contribution is 2.27. The molecule has 4 rings (SSSR count). The van der Waals surface area contributed by atoms with Gasteiger partial charge in [0, 0.05) is 24.9 Å². The molecule has 0 aliphatic carbocycles. The molecule has 7 heteroatoms. The van der Waals surface area contributed by atoms with Gasteiger partial charge in [0.15, 0.2) is 6.61 Å². The summed E-state index contributed by atoms with van der Waals surface area (Å²) in [6.07, 6.45) is 0.264. The summed E-state index contributed by atoms with van der Waals surface area (Å²) < 4.78 is 5.18. The number of hydrogen-bond acceptors (Lipinski definition) is 5. The molecule has 33 heavy (non-hydrogen) atoms. The van der Waals surface area contributed by atoms with E-state index in [1.807, 2.05) is 49.4 Å². The van der Waals surface area contributed by atoms with E-state index in [1.165, 1.54) is 0 Å². The quantitative estimate of drug-likeness (QED) is 0.390. The third kappa shape index (κ3) is 4.48. The van der Waals surface area contributed by atoms with Gasteiger partial charge in [0.05, 0.1) is 16.8 Å². The lowest BCUT2D eigenvalue weighted by Crippen LogP contribution is -2.35. The highest BCUT2D eigenvalue weighted by molar-refractivity contribution is 6.21. The van der Waals surface area contributed by atoms with Crippen LogP contribution in [-0.2, 0) is 14.3 Å². The minimum absolute atomic E-state index is 0.00107. The van der Waals surface area contributed by atoms with E-state index < -0.39 is 5.97 Å². The monoisotopic (exact) mass is 444 g/mol. The first kappa shape index (κ1) is 22.2. The number of nitrogens with zero attached hydrogens (tertiary/aromatic N) is 2. The summed E-state index contributed by atoms with van der Waals surface area (Å²) in [7, 11) is 0. The third-order valence-corrected chi connectivity index (χ3v) is 5.67. The van der Waals surface area contributed by atoms with Crippen molar-refractivity contribution in [2.75, 3.05) is 24.6 Å². The lowest BCUT2D eigenvalue weighted by Gasteiger charge is -2.22. The molecule has 0 fully saturated rings. The Morgan fingerprint density at radius 3 is 2.21 bits per heavy atom. The van der Waals surface area contributed by atoms with Gasteiger partial charge in [-0.2, -0.15) is 0 Å². The van der Waals surface area contributed by atoms with Crippen LogP contribution in [0.2, 0.25) is 0 Å². The van der Waals surface area contributed by atoms with Crippen molar-refractivity contribution >= 4 is 40.2 Å². The van der Waals surface area contributed by atoms with Crippen LogP contribution in [0.3, 0.4) is 0 Å². The van der Waals surface area contributed by atoms with Crippen molar-refractivity contribution in [2.24, 2.45) is 0 Å². The summed E-state index contributed by atoms with van der Waals surface area (Å²) in [4.78, 5) is 52.4. The van der Waals surface area contributed by atoms with Crippen LogP contribution in [0.5, 0.6) is 0 Å². The van der Waals surface area contributed by atoms with Crippen LogP contribution in [0.4, 0.5) is 5.69 Å². The Kier molecular flexibility index (Phi) is 6.49. The molecule has 3 aromatic carbocycles. The molecule has 0 bridgehead atoms. The molecule has 0 saturated heterocycles. The van der Waals surface area contributed by atoms with Gasteiger partial charge in [-0.15, -0.1) is 0 Å². The zero-order valence-corrected chi connectivity index (χ0v) is 18.3. The third-order valence-electron chi connectivity index (χ3n) is 5.67. The van der Waals surface area contributed by atoms with Gasteiger partial charge in [-0.1, -0.05) is 48.5 Å². The van der Waals surface area contributed by atoms with Crippen molar-refractivity contribution in [1.29, 1.82) is 0 Å². The van der Waals surface area contributed by atoms with Crippen molar-refractivity contribution < 1.29 is 23.9 Å². The van der Waals surface area contributed by atoms with Crippen molar-refractivity contribution in [3.05, 3.63) is 77.9 Å². The number of esters is 1. The van der Waals surface area contributed by atoms with Gasteiger partial charge >= 0.3 is 5.97 Å². The first-order chi connectivity index (χ1) is 16.0. The van der Waals surface area contributed by atoms with Crippen LogP contribution in [0.25, 0.3) is 10.8 Å². The highest BCUT2D eigenvalue weighted by Gasteiger charge is 2.34. The number of ether oxygens (including phenoxy) is 1. The Labute approximate surface area is 191 Å². The van der Waals surface area contributed by atoms with Gasteiger partial charge in [0.1, 0.15) is 0 Å². The lowest BCUT2D eigenvalue weighted by atomic mass is 10.1. The average Bonchev–Trinajstić information content (AvgIpc) is 3.08. The summed E-state index contributed by atoms with van der Waals surface area (Å²) in [5, 5.41) is 1.97. The summed E-state index contributed by atoms with van der Waals surface area (Å²) in [6, 6.07) is 20.2. The number of likely N-dealkylation sites (N-methyl/N-ethyl adjacent to an activating group) is 1. The number of carbonyl (C=O) groups excluding carboxylic acids is 4. The fourth-order valence-corrected chi connectivity index (χ4v) is 4.04. The number of carbonyl (C=O) groups is 4. The predicted molar refractivity (Wildman–Crippen MR) is 124 cm³/mol. The Morgan fingerprint density at radius 2 is 1.52 bits per heavy atom. The predicted octanol–water partition coefficient (Wildman–Crippen LogP) is 3.81. The Bertz CT molecular complexity index is 1200. The first-order valence-electron chi connectivity index (χ1n) is 10.9. The molecule has 0 atom stereocenters. The zero-order valence-electron chi connectivity index (χ0n) is 18.3. The summed E-state index contributed by atoms with van der Waals surface area (Å²) >= 11 is 0. The molecule has 1 heterocycles. The molecule has 0 radical (unpaired) electrons. The molecule has 0 saturated carbocycles. The molecule has 0 unspecified atom stereocenters. The maximum absolute atomic E-state index is 12.8. The van der Waals surface area contributed by atoms with Crippen LogP contribution in [0.15, 0.2) is 66.7 Å². The molecule has 168 valence electrons. The van der Waals surface area contributed by atoms with Gasteiger partial charge in [-0.25, -0.2) is 0 Å². The van der Waals surface area contributed by atoms with Gasteiger partial charge in [-0.05, 0) is 36.9 Å². The molecule has 3 amide bonds. The van der Waals surface area contributed by atoms with E-state index in [-0.39, 0.29) is 43.7 Å². The van der Waals surface area contributed by atoms with Crippen LogP contribution in [-0.4, -0.2) is 48.3 Å². The average molecular weight is 444 g/mol. The van der Waals surface area contributed by atoms with E-state index >= 15 is 0 Å². The van der Waals surface area contributed by atoms with Crippen molar-refractivity contribution in [3.63, 3.8) is 0 Å². The van der Waals surface area contributed by atoms with Crippen molar-refractivity contribution in [2.45, 2.75) is 19.8 Å².